The van der Waals surface area contributed by atoms with Gasteiger partial charge in [0.25, 0.3) is 0 Å². The van der Waals surface area contributed by atoms with Crippen molar-refractivity contribution in [1.29, 1.82) is 0 Å². The van der Waals surface area contributed by atoms with Crippen LogP contribution in [0.25, 0.3) is 0 Å². The molecule has 0 spiro atoms. The number of hydrogen-bond acceptors (Lipinski definition) is 3. The summed E-state index contributed by atoms with van der Waals surface area (Å²) in [5.41, 5.74) is 0. The normalized spacial score (nSPS) is 21.6. The SMILES string of the molecule is CCCC1CCCN(C(=O)NC(CO)C(=O)O)CC1. The molecule has 0 bridgehead atoms. The van der Waals surface area contributed by atoms with E-state index in [-0.39, 0.29) is 0 Å². The van der Waals surface area contributed by atoms with E-state index in [1.807, 2.05) is 0 Å². The van der Waals surface area contributed by atoms with Gasteiger partial charge in [0, 0.05) is 13.1 Å². The van der Waals surface area contributed by atoms with Crippen LogP contribution < -0.4 is 5.32 Å². The Labute approximate surface area is 113 Å². The minimum atomic E-state index is -1.22. The number of likely N-dealkylation sites (tertiary alicyclic amines) is 1. The molecule has 2 atom stereocenters. The van der Waals surface area contributed by atoms with Gasteiger partial charge in [-0.05, 0) is 25.2 Å². The molecule has 1 aliphatic rings. The Kier molecular flexibility index (Phi) is 6.62. The van der Waals surface area contributed by atoms with Gasteiger partial charge in [-0.25, -0.2) is 9.59 Å². The van der Waals surface area contributed by atoms with E-state index in [1.54, 1.807) is 4.90 Å². The van der Waals surface area contributed by atoms with Crippen LogP contribution in [-0.2, 0) is 4.79 Å². The van der Waals surface area contributed by atoms with Crippen LogP contribution in [-0.4, -0.2) is 52.9 Å². The van der Waals surface area contributed by atoms with Crippen LogP contribution in [0.5, 0.6) is 0 Å². The molecule has 0 aromatic carbocycles. The highest BCUT2D eigenvalue weighted by Crippen LogP contribution is 2.21. The average molecular weight is 272 g/mol. The van der Waals surface area contributed by atoms with Crippen molar-refractivity contribution >= 4 is 12.0 Å². The monoisotopic (exact) mass is 272 g/mol. The topological polar surface area (TPSA) is 89.9 Å². The summed E-state index contributed by atoms with van der Waals surface area (Å²) in [6, 6.07) is -1.61. The molecule has 2 amide bonds. The van der Waals surface area contributed by atoms with E-state index < -0.39 is 24.6 Å². The van der Waals surface area contributed by atoms with Crippen molar-refractivity contribution in [2.24, 2.45) is 5.92 Å². The number of rotatable bonds is 5. The van der Waals surface area contributed by atoms with Gasteiger partial charge in [-0.15, -0.1) is 0 Å². The van der Waals surface area contributed by atoms with Crippen molar-refractivity contribution in [2.45, 2.75) is 45.1 Å². The highest BCUT2D eigenvalue weighted by Gasteiger charge is 2.24. The van der Waals surface area contributed by atoms with Crippen LogP contribution in [0.3, 0.4) is 0 Å². The van der Waals surface area contributed by atoms with Gasteiger partial charge in [-0.3, -0.25) is 0 Å². The standard InChI is InChI=1S/C13H24N2O4/c1-2-4-10-5-3-7-15(8-6-10)13(19)14-11(9-16)12(17)18/h10-11,16H,2-9H2,1H3,(H,14,19)(H,17,18). The third kappa shape index (κ3) is 5.06. The highest BCUT2D eigenvalue weighted by molar-refractivity contribution is 5.82. The van der Waals surface area contributed by atoms with E-state index >= 15 is 0 Å². The second-order valence-electron chi connectivity index (χ2n) is 5.10. The van der Waals surface area contributed by atoms with Gasteiger partial charge in [-0.2, -0.15) is 0 Å². The first-order chi connectivity index (χ1) is 9.08. The Balaban J connectivity index is 2.46. The molecule has 3 N–H and O–H groups in total. The van der Waals surface area contributed by atoms with Crippen molar-refractivity contribution in [1.82, 2.24) is 10.2 Å². The zero-order valence-electron chi connectivity index (χ0n) is 11.5. The molecule has 0 aromatic heterocycles. The molecule has 1 fully saturated rings. The van der Waals surface area contributed by atoms with Crippen molar-refractivity contribution in [3.05, 3.63) is 0 Å². The quantitative estimate of drug-likeness (QED) is 0.697. The molecule has 110 valence electrons. The van der Waals surface area contributed by atoms with E-state index in [4.69, 9.17) is 10.2 Å². The molecule has 0 radical (unpaired) electrons. The molecule has 2 unspecified atom stereocenters. The molecular formula is C13H24N2O4. The van der Waals surface area contributed by atoms with Gasteiger partial charge in [0.15, 0.2) is 6.04 Å². The summed E-state index contributed by atoms with van der Waals surface area (Å²) in [7, 11) is 0. The predicted molar refractivity (Wildman–Crippen MR) is 70.9 cm³/mol. The van der Waals surface area contributed by atoms with Crippen LogP contribution in [0, 0.1) is 5.92 Å². The lowest BCUT2D eigenvalue weighted by Gasteiger charge is -2.23. The predicted octanol–water partition coefficient (Wildman–Crippen LogP) is 1.04. The van der Waals surface area contributed by atoms with Crippen molar-refractivity contribution in [3.8, 4) is 0 Å². The zero-order valence-corrected chi connectivity index (χ0v) is 11.5. The van der Waals surface area contributed by atoms with E-state index in [2.05, 4.69) is 12.2 Å². The minimum absolute atomic E-state index is 0.390. The third-order valence-electron chi connectivity index (χ3n) is 3.61. The first-order valence-corrected chi connectivity index (χ1v) is 6.97. The molecule has 19 heavy (non-hydrogen) atoms. The van der Waals surface area contributed by atoms with Gasteiger partial charge < -0.3 is 20.4 Å². The largest absolute Gasteiger partial charge is 0.480 e. The fourth-order valence-corrected chi connectivity index (χ4v) is 2.49. The fraction of sp³-hybridized carbons (Fsp3) is 0.846. The smallest absolute Gasteiger partial charge is 0.328 e. The van der Waals surface area contributed by atoms with E-state index in [9.17, 15) is 9.59 Å². The number of aliphatic hydroxyl groups is 1. The summed E-state index contributed by atoms with van der Waals surface area (Å²) in [6.45, 7) is 2.89. The second kappa shape index (κ2) is 7.99. The molecule has 1 saturated heterocycles. The average Bonchev–Trinajstić information content (AvgIpc) is 2.61. The summed E-state index contributed by atoms with van der Waals surface area (Å²) >= 11 is 0. The van der Waals surface area contributed by atoms with E-state index in [0.29, 0.717) is 19.0 Å². The lowest BCUT2D eigenvalue weighted by Crippen LogP contribution is -2.49. The van der Waals surface area contributed by atoms with Crippen LogP contribution in [0.4, 0.5) is 4.79 Å². The highest BCUT2D eigenvalue weighted by atomic mass is 16.4. The Bertz CT molecular complexity index is 309. The molecule has 0 saturated carbocycles. The maximum absolute atomic E-state index is 11.9. The summed E-state index contributed by atoms with van der Waals surface area (Å²) in [4.78, 5) is 24.3. The third-order valence-corrected chi connectivity index (χ3v) is 3.61. The minimum Gasteiger partial charge on any atom is -0.480 e. The number of nitrogens with one attached hydrogen (secondary N) is 1. The number of aliphatic hydroxyl groups excluding tert-OH is 1. The molecule has 6 heteroatoms. The lowest BCUT2D eigenvalue weighted by molar-refractivity contribution is -0.140. The van der Waals surface area contributed by atoms with Crippen molar-refractivity contribution in [3.63, 3.8) is 0 Å². The Morgan fingerprint density at radius 1 is 1.37 bits per heavy atom. The van der Waals surface area contributed by atoms with Crippen molar-refractivity contribution in [2.75, 3.05) is 19.7 Å². The molecule has 6 nitrogen and oxygen atoms in total. The van der Waals surface area contributed by atoms with E-state index in [0.717, 1.165) is 25.7 Å². The number of carboxylic acid groups (broad SMARTS) is 1. The van der Waals surface area contributed by atoms with Gasteiger partial charge in [0.2, 0.25) is 0 Å². The molecular weight excluding hydrogens is 248 g/mol. The maximum atomic E-state index is 11.9. The van der Waals surface area contributed by atoms with Gasteiger partial charge >= 0.3 is 12.0 Å². The van der Waals surface area contributed by atoms with Gasteiger partial charge in [0.1, 0.15) is 0 Å². The van der Waals surface area contributed by atoms with Crippen LogP contribution in [0.2, 0.25) is 0 Å². The number of amides is 2. The number of carbonyl (C=O) groups is 2. The van der Waals surface area contributed by atoms with Crippen LogP contribution in [0.1, 0.15) is 39.0 Å². The van der Waals surface area contributed by atoms with Crippen LogP contribution >= 0.6 is 0 Å². The maximum Gasteiger partial charge on any atom is 0.328 e. The Hall–Kier alpha value is -1.30. The van der Waals surface area contributed by atoms with Gasteiger partial charge in [0.05, 0.1) is 6.61 Å². The summed E-state index contributed by atoms with van der Waals surface area (Å²) in [5, 5.41) is 20.0. The number of carbonyl (C=O) groups excluding carboxylic acids is 1. The van der Waals surface area contributed by atoms with Crippen LogP contribution in [0.15, 0.2) is 0 Å². The summed E-state index contributed by atoms with van der Waals surface area (Å²) < 4.78 is 0. The second-order valence-corrected chi connectivity index (χ2v) is 5.10. The lowest BCUT2D eigenvalue weighted by atomic mass is 9.96. The first-order valence-electron chi connectivity index (χ1n) is 6.97. The number of aliphatic carboxylic acids is 1. The zero-order chi connectivity index (χ0) is 14.3. The first kappa shape index (κ1) is 15.8. The van der Waals surface area contributed by atoms with Gasteiger partial charge in [-0.1, -0.05) is 19.8 Å². The molecule has 1 aliphatic heterocycles. The summed E-state index contributed by atoms with van der Waals surface area (Å²) in [6.07, 6.45) is 5.39. The van der Waals surface area contributed by atoms with Crippen molar-refractivity contribution < 1.29 is 19.8 Å². The molecule has 0 aromatic rings. The fourth-order valence-electron chi connectivity index (χ4n) is 2.49. The number of urea groups is 1. The molecule has 1 rings (SSSR count). The Morgan fingerprint density at radius 3 is 2.68 bits per heavy atom. The summed E-state index contributed by atoms with van der Waals surface area (Å²) in [5.74, 6) is -0.551. The number of hydrogen-bond donors (Lipinski definition) is 3. The molecule has 1 heterocycles. The van der Waals surface area contributed by atoms with E-state index in [1.165, 1.54) is 6.42 Å². The molecule has 0 aliphatic carbocycles. The number of carboxylic acids is 1. The number of nitrogens with zero attached hydrogens (tertiary/aromatic N) is 1. The Morgan fingerprint density at radius 2 is 2.11 bits per heavy atom.